The van der Waals surface area contributed by atoms with Crippen molar-refractivity contribution in [1.29, 1.82) is 0 Å². The van der Waals surface area contributed by atoms with Gasteiger partial charge in [-0.05, 0) is 55.2 Å². The zero-order chi connectivity index (χ0) is 20.1. The number of benzene rings is 2. The van der Waals surface area contributed by atoms with Crippen LogP contribution in [-0.2, 0) is 11.2 Å². The molecule has 2 N–H and O–H groups in total. The molecule has 152 valence electrons. The summed E-state index contributed by atoms with van der Waals surface area (Å²) < 4.78 is 16.3. The molecule has 1 amide bonds. The number of aliphatic imine (C=N–C) groups is 1. The normalized spacial score (nSPS) is 18.0. The van der Waals surface area contributed by atoms with Crippen LogP contribution in [0.15, 0.2) is 47.5 Å². The second kappa shape index (κ2) is 8.96. The zero-order valence-electron chi connectivity index (χ0n) is 16.4. The van der Waals surface area contributed by atoms with Gasteiger partial charge in [0.1, 0.15) is 0 Å². The molecule has 7 heteroatoms. The molecule has 0 spiro atoms. The van der Waals surface area contributed by atoms with Gasteiger partial charge >= 0.3 is 0 Å². The van der Waals surface area contributed by atoms with Gasteiger partial charge in [0.15, 0.2) is 11.5 Å². The molecule has 1 atom stereocenters. The number of nitrogens with one attached hydrogen (secondary N) is 2. The number of anilines is 1. The third-order valence-electron chi connectivity index (χ3n) is 4.94. The summed E-state index contributed by atoms with van der Waals surface area (Å²) in [5.41, 5.74) is 2.56. The monoisotopic (exact) mass is 395 g/mol. The van der Waals surface area contributed by atoms with E-state index in [1.54, 1.807) is 18.2 Å². The molecule has 4 rings (SSSR count). The Morgan fingerprint density at radius 3 is 2.90 bits per heavy atom. The minimum atomic E-state index is -0.270. The first-order chi connectivity index (χ1) is 14.2. The number of guanidine groups is 1. The molecule has 2 aliphatic heterocycles. The van der Waals surface area contributed by atoms with Crippen molar-refractivity contribution in [2.45, 2.75) is 32.3 Å². The molecule has 7 nitrogen and oxygen atoms in total. The van der Waals surface area contributed by atoms with Crippen LogP contribution in [0.4, 0.5) is 5.69 Å². The fourth-order valence-corrected chi connectivity index (χ4v) is 3.31. The summed E-state index contributed by atoms with van der Waals surface area (Å²) in [6, 6.07) is 13.2. The predicted molar refractivity (Wildman–Crippen MR) is 111 cm³/mol. The Morgan fingerprint density at radius 2 is 2.07 bits per heavy atom. The highest BCUT2D eigenvalue weighted by Gasteiger charge is 2.18. The molecule has 2 heterocycles. The third kappa shape index (κ3) is 4.86. The number of carbonyl (C=O) groups is 1. The summed E-state index contributed by atoms with van der Waals surface area (Å²) in [4.78, 5) is 17.4. The minimum Gasteiger partial charge on any atom is -0.454 e. The van der Waals surface area contributed by atoms with Gasteiger partial charge in [0.05, 0.1) is 12.6 Å². The molecule has 1 saturated heterocycles. The first-order valence-electron chi connectivity index (χ1n) is 9.94. The van der Waals surface area contributed by atoms with E-state index in [1.165, 1.54) is 5.56 Å². The van der Waals surface area contributed by atoms with Crippen molar-refractivity contribution in [2.75, 3.05) is 25.3 Å². The maximum atomic E-state index is 12.8. The lowest BCUT2D eigenvalue weighted by Crippen LogP contribution is -2.36. The van der Waals surface area contributed by atoms with Gasteiger partial charge in [-0.3, -0.25) is 10.1 Å². The van der Waals surface area contributed by atoms with Gasteiger partial charge in [-0.15, -0.1) is 0 Å². The van der Waals surface area contributed by atoms with Crippen molar-refractivity contribution in [1.82, 2.24) is 5.32 Å². The van der Waals surface area contributed by atoms with E-state index < -0.39 is 0 Å². The van der Waals surface area contributed by atoms with Gasteiger partial charge in [0, 0.05) is 17.9 Å². The Kier molecular flexibility index (Phi) is 5.95. The summed E-state index contributed by atoms with van der Waals surface area (Å²) in [5, 5.41) is 6.12. The molecule has 29 heavy (non-hydrogen) atoms. The fraction of sp³-hybridized carbons (Fsp3) is 0.364. The number of ether oxygens (including phenoxy) is 3. The van der Waals surface area contributed by atoms with Gasteiger partial charge in [0.25, 0.3) is 5.91 Å². The second-order valence-electron chi connectivity index (χ2n) is 7.03. The number of hydrogen-bond donors (Lipinski definition) is 2. The van der Waals surface area contributed by atoms with Crippen LogP contribution in [0.25, 0.3) is 0 Å². The maximum Gasteiger partial charge on any atom is 0.258 e. The zero-order valence-corrected chi connectivity index (χ0v) is 16.4. The first kappa shape index (κ1) is 19.3. The van der Waals surface area contributed by atoms with E-state index >= 15 is 0 Å². The summed E-state index contributed by atoms with van der Waals surface area (Å²) in [6.07, 6.45) is 3.06. The average molecular weight is 395 g/mol. The third-order valence-corrected chi connectivity index (χ3v) is 4.94. The highest BCUT2D eigenvalue weighted by molar-refractivity contribution is 6.10. The van der Waals surface area contributed by atoms with Gasteiger partial charge in [-0.2, -0.15) is 0 Å². The molecule has 0 unspecified atom stereocenters. The smallest absolute Gasteiger partial charge is 0.258 e. The Labute approximate surface area is 170 Å². The van der Waals surface area contributed by atoms with Crippen molar-refractivity contribution in [3.8, 4) is 11.5 Å². The minimum absolute atomic E-state index is 0.0937. The average Bonchev–Trinajstić information content (AvgIpc) is 3.43. The number of aryl methyl sites for hydroxylation is 1. The van der Waals surface area contributed by atoms with E-state index in [2.05, 4.69) is 28.6 Å². The largest absolute Gasteiger partial charge is 0.454 e. The molecular weight excluding hydrogens is 370 g/mol. The first-order valence-corrected chi connectivity index (χ1v) is 9.94. The lowest BCUT2D eigenvalue weighted by atomic mass is 10.1. The molecule has 0 aliphatic carbocycles. The highest BCUT2D eigenvalue weighted by Crippen LogP contribution is 2.32. The van der Waals surface area contributed by atoms with Crippen LogP contribution in [-0.4, -0.2) is 37.9 Å². The van der Waals surface area contributed by atoms with Crippen LogP contribution < -0.4 is 20.1 Å². The topological polar surface area (TPSA) is 81.2 Å². The quantitative estimate of drug-likeness (QED) is 0.599. The maximum absolute atomic E-state index is 12.8. The van der Waals surface area contributed by atoms with Crippen molar-refractivity contribution >= 4 is 17.6 Å². The van der Waals surface area contributed by atoms with Gasteiger partial charge < -0.3 is 19.5 Å². The molecular formula is C22H25N3O4. The number of nitrogens with zero attached hydrogens (tertiary/aromatic N) is 1. The molecule has 1 fully saturated rings. The van der Waals surface area contributed by atoms with Crippen molar-refractivity contribution in [3.05, 3.63) is 53.6 Å². The van der Waals surface area contributed by atoms with E-state index in [9.17, 15) is 4.79 Å². The van der Waals surface area contributed by atoms with E-state index in [0.29, 0.717) is 29.6 Å². The van der Waals surface area contributed by atoms with Crippen LogP contribution in [0.3, 0.4) is 0 Å². The van der Waals surface area contributed by atoms with Crippen molar-refractivity contribution in [3.63, 3.8) is 0 Å². The SMILES string of the molecule is CCc1cccc(NC(=NC[C@H]2CCCO2)NC(=O)c2ccc3c(c2)OCO3)c1. The Balaban J connectivity index is 1.50. The van der Waals surface area contributed by atoms with E-state index in [4.69, 9.17) is 14.2 Å². The van der Waals surface area contributed by atoms with Gasteiger partial charge in [-0.25, -0.2) is 4.99 Å². The van der Waals surface area contributed by atoms with E-state index in [0.717, 1.165) is 31.6 Å². The molecule has 2 aromatic carbocycles. The lowest BCUT2D eigenvalue weighted by molar-refractivity contribution is 0.0975. The van der Waals surface area contributed by atoms with Crippen LogP contribution in [0.1, 0.15) is 35.7 Å². The van der Waals surface area contributed by atoms with E-state index in [1.807, 2.05) is 18.2 Å². The summed E-state index contributed by atoms with van der Waals surface area (Å²) >= 11 is 0. The Hall–Kier alpha value is -3.06. The standard InChI is InChI=1S/C22H25N3O4/c1-2-15-5-3-6-17(11-15)24-22(23-13-18-7-4-10-27-18)25-21(26)16-8-9-19-20(12-16)29-14-28-19/h3,5-6,8-9,11-12,18H,2,4,7,10,13-14H2,1H3,(H2,23,24,25,26)/t18-/m1/s1. The molecule has 2 aromatic rings. The van der Waals surface area contributed by atoms with E-state index in [-0.39, 0.29) is 18.8 Å². The number of hydrogen-bond acceptors (Lipinski definition) is 5. The summed E-state index contributed by atoms with van der Waals surface area (Å²) in [5.74, 6) is 1.34. The number of fused-ring (bicyclic) bond motifs is 1. The molecule has 0 radical (unpaired) electrons. The number of rotatable bonds is 5. The van der Waals surface area contributed by atoms with Gasteiger partial charge in [-0.1, -0.05) is 19.1 Å². The van der Waals surface area contributed by atoms with Crippen LogP contribution >= 0.6 is 0 Å². The molecule has 0 saturated carbocycles. The van der Waals surface area contributed by atoms with Crippen LogP contribution in [0.5, 0.6) is 11.5 Å². The van der Waals surface area contributed by atoms with Crippen LogP contribution in [0.2, 0.25) is 0 Å². The Bertz CT molecular complexity index is 907. The number of amides is 1. The second-order valence-corrected chi connectivity index (χ2v) is 7.03. The van der Waals surface area contributed by atoms with Crippen molar-refractivity contribution in [2.24, 2.45) is 4.99 Å². The molecule has 2 aliphatic rings. The number of carbonyl (C=O) groups excluding carboxylic acids is 1. The molecule has 0 aromatic heterocycles. The van der Waals surface area contributed by atoms with Gasteiger partial charge in [0.2, 0.25) is 12.8 Å². The predicted octanol–water partition coefficient (Wildman–Crippen LogP) is 3.35. The molecule has 0 bridgehead atoms. The summed E-state index contributed by atoms with van der Waals surface area (Å²) in [7, 11) is 0. The lowest BCUT2D eigenvalue weighted by Gasteiger charge is -2.14. The fourth-order valence-electron chi connectivity index (χ4n) is 3.31. The summed E-state index contributed by atoms with van der Waals surface area (Å²) in [6.45, 7) is 3.54. The highest BCUT2D eigenvalue weighted by atomic mass is 16.7. The van der Waals surface area contributed by atoms with Crippen molar-refractivity contribution < 1.29 is 19.0 Å². The van der Waals surface area contributed by atoms with Crippen LogP contribution in [0, 0.1) is 0 Å². The Morgan fingerprint density at radius 1 is 1.17 bits per heavy atom.